The highest BCUT2D eigenvalue weighted by Gasteiger charge is 2.09. The lowest BCUT2D eigenvalue weighted by atomic mass is 10.1. The number of carbonyl (C=O) groups is 2. The minimum absolute atomic E-state index is 0.0694. The molecule has 0 aromatic heterocycles. The first-order valence-corrected chi connectivity index (χ1v) is 4.32. The molecule has 0 aliphatic heterocycles. The van der Waals surface area contributed by atoms with Crippen molar-refractivity contribution < 1.29 is 19.1 Å². The summed E-state index contributed by atoms with van der Waals surface area (Å²) in [6.07, 6.45) is 0.0694. The summed E-state index contributed by atoms with van der Waals surface area (Å²) >= 11 is 0. The molecular weight excluding hydrogens is 196 g/mol. The van der Waals surface area contributed by atoms with Gasteiger partial charge in [-0.05, 0) is 6.07 Å². The number of benzene rings is 1. The molecule has 0 atom stereocenters. The second-order valence-electron chi connectivity index (χ2n) is 2.83. The van der Waals surface area contributed by atoms with E-state index in [1.807, 2.05) is 0 Å². The maximum Gasteiger partial charge on any atom is 0.311 e. The normalized spacial score (nSPS) is 9.47. The highest BCUT2D eigenvalue weighted by molar-refractivity contribution is 5.78. The maximum atomic E-state index is 11.0. The molecule has 0 saturated heterocycles. The fourth-order valence-corrected chi connectivity index (χ4v) is 1.10. The van der Waals surface area contributed by atoms with Gasteiger partial charge < -0.3 is 9.47 Å². The Kier molecular flexibility index (Phi) is 3.85. The predicted octanol–water partition coefficient (Wildman–Crippen LogP) is 1.14. The minimum Gasteiger partial charge on any atom is -0.469 e. The lowest BCUT2D eigenvalue weighted by molar-refractivity contribution is -0.140. The Morgan fingerprint density at radius 2 is 2.00 bits per heavy atom. The number of hydrogen-bond donors (Lipinski definition) is 0. The van der Waals surface area contributed by atoms with Crippen LogP contribution >= 0.6 is 0 Å². The molecule has 0 heterocycles. The largest absolute Gasteiger partial charge is 0.469 e. The van der Waals surface area contributed by atoms with Gasteiger partial charge in [0.1, 0.15) is 5.75 Å². The number of methoxy groups -OCH3 is 1. The molecule has 4 heteroatoms. The molecule has 79 valence electrons. The van der Waals surface area contributed by atoms with E-state index < -0.39 is 5.97 Å². The van der Waals surface area contributed by atoms with Crippen LogP contribution in [0.15, 0.2) is 24.3 Å². The van der Waals surface area contributed by atoms with Gasteiger partial charge in [-0.3, -0.25) is 9.59 Å². The van der Waals surface area contributed by atoms with Gasteiger partial charge in [-0.15, -0.1) is 0 Å². The van der Waals surface area contributed by atoms with Crippen LogP contribution in [0.1, 0.15) is 5.56 Å². The highest BCUT2D eigenvalue weighted by Crippen LogP contribution is 2.18. The molecule has 0 bridgehead atoms. The lowest BCUT2D eigenvalue weighted by Crippen LogP contribution is -2.08. The average molecular weight is 207 g/mol. The zero-order valence-corrected chi connectivity index (χ0v) is 8.36. The first-order valence-electron chi connectivity index (χ1n) is 4.32. The molecule has 0 unspecified atom stereocenters. The third kappa shape index (κ3) is 3.42. The summed E-state index contributed by atoms with van der Waals surface area (Å²) in [5, 5.41) is 0. The average Bonchev–Trinajstić information content (AvgIpc) is 2.20. The van der Waals surface area contributed by atoms with Crippen molar-refractivity contribution in [1.29, 1.82) is 0 Å². The second kappa shape index (κ2) is 5.14. The molecule has 0 N–H and O–H groups in total. The van der Waals surface area contributed by atoms with Crippen molar-refractivity contribution in [3.63, 3.8) is 0 Å². The third-order valence-corrected chi connectivity index (χ3v) is 1.76. The molecule has 0 amide bonds. The van der Waals surface area contributed by atoms with Gasteiger partial charge in [0.2, 0.25) is 0 Å². The number of hydrogen-bond acceptors (Lipinski definition) is 4. The third-order valence-electron chi connectivity index (χ3n) is 1.76. The summed E-state index contributed by atoms with van der Waals surface area (Å²) in [5.41, 5.74) is 0.598. The summed E-state index contributed by atoms with van der Waals surface area (Å²) in [4.78, 5) is 21.7. The van der Waals surface area contributed by atoms with E-state index in [0.717, 1.165) is 0 Å². The van der Waals surface area contributed by atoms with Crippen LogP contribution in [-0.2, 0) is 20.7 Å². The van der Waals surface area contributed by atoms with Gasteiger partial charge in [-0.1, -0.05) is 18.2 Å². The fourth-order valence-electron chi connectivity index (χ4n) is 1.10. The van der Waals surface area contributed by atoms with E-state index in [9.17, 15) is 9.59 Å². The van der Waals surface area contributed by atoms with Crippen LogP contribution in [0.2, 0.25) is 0 Å². The van der Waals surface area contributed by atoms with Crippen molar-refractivity contribution in [3.05, 3.63) is 36.8 Å². The van der Waals surface area contributed by atoms with Gasteiger partial charge in [0.15, 0.2) is 0 Å². The summed E-state index contributed by atoms with van der Waals surface area (Å²) in [5.74, 6) is -0.710. The summed E-state index contributed by atoms with van der Waals surface area (Å²) in [7, 11) is 1.30. The van der Waals surface area contributed by atoms with Crippen LogP contribution in [0.25, 0.3) is 0 Å². The Morgan fingerprint density at radius 1 is 1.33 bits per heavy atom. The number of esters is 2. The van der Waals surface area contributed by atoms with Gasteiger partial charge in [0.25, 0.3) is 0 Å². The zero-order chi connectivity index (χ0) is 11.3. The van der Waals surface area contributed by atoms with Crippen molar-refractivity contribution in [2.75, 3.05) is 7.11 Å². The molecule has 15 heavy (non-hydrogen) atoms. The van der Waals surface area contributed by atoms with Crippen molar-refractivity contribution in [3.8, 4) is 5.75 Å². The Hall–Kier alpha value is -1.84. The smallest absolute Gasteiger partial charge is 0.311 e. The van der Waals surface area contributed by atoms with E-state index in [1.165, 1.54) is 7.11 Å². The molecule has 0 spiro atoms. The summed E-state index contributed by atoms with van der Waals surface area (Å²) in [6.45, 7) is 3.10. The number of para-hydroxylation sites is 1. The number of carbonyl (C=O) groups excluding carboxylic acids is 2. The van der Waals surface area contributed by atoms with E-state index in [0.29, 0.717) is 11.3 Å². The Labute approximate surface area is 87.8 Å². The Morgan fingerprint density at radius 3 is 2.60 bits per heavy atom. The molecule has 0 fully saturated rings. The van der Waals surface area contributed by atoms with Crippen molar-refractivity contribution >= 4 is 11.9 Å². The standard InChI is InChI=1S/C11H11O4/c1-8(12)15-10-6-4-3-5-9(10)7-11(13)14-2/h3-6H,1,7H2,2H3. The zero-order valence-electron chi connectivity index (χ0n) is 8.36. The van der Waals surface area contributed by atoms with Crippen molar-refractivity contribution in [1.82, 2.24) is 0 Å². The van der Waals surface area contributed by atoms with E-state index in [-0.39, 0.29) is 12.4 Å². The van der Waals surface area contributed by atoms with Gasteiger partial charge in [-0.25, -0.2) is 0 Å². The molecule has 1 radical (unpaired) electrons. The SMILES string of the molecule is [CH2]C(=O)Oc1ccccc1CC(=O)OC. The van der Waals surface area contributed by atoms with Crippen LogP contribution in [0, 0.1) is 6.92 Å². The highest BCUT2D eigenvalue weighted by atomic mass is 16.5. The Bertz CT molecular complexity index is 371. The van der Waals surface area contributed by atoms with Crippen molar-refractivity contribution in [2.24, 2.45) is 0 Å². The molecule has 1 aromatic carbocycles. The quantitative estimate of drug-likeness (QED) is 0.551. The van der Waals surface area contributed by atoms with Crippen molar-refractivity contribution in [2.45, 2.75) is 6.42 Å². The number of rotatable bonds is 3. The van der Waals surface area contributed by atoms with Crippen LogP contribution in [0.5, 0.6) is 5.75 Å². The maximum absolute atomic E-state index is 11.0. The molecule has 1 aromatic rings. The summed E-state index contributed by atoms with van der Waals surface area (Å²) < 4.78 is 9.35. The van der Waals surface area contributed by atoms with E-state index in [4.69, 9.17) is 4.74 Å². The molecule has 0 aliphatic carbocycles. The number of ether oxygens (including phenoxy) is 2. The molecule has 1 rings (SSSR count). The lowest BCUT2D eigenvalue weighted by Gasteiger charge is -2.07. The van der Waals surface area contributed by atoms with Crippen LogP contribution < -0.4 is 4.74 Å². The van der Waals surface area contributed by atoms with E-state index >= 15 is 0 Å². The molecule has 0 saturated carbocycles. The van der Waals surface area contributed by atoms with E-state index in [2.05, 4.69) is 11.7 Å². The van der Waals surface area contributed by atoms with Crippen LogP contribution in [0.3, 0.4) is 0 Å². The van der Waals surface area contributed by atoms with E-state index in [1.54, 1.807) is 24.3 Å². The molecular formula is C11H11O4. The predicted molar refractivity (Wildman–Crippen MR) is 53.2 cm³/mol. The Balaban J connectivity index is 2.85. The molecule has 0 aliphatic rings. The molecule has 4 nitrogen and oxygen atoms in total. The summed E-state index contributed by atoms with van der Waals surface area (Å²) in [6, 6.07) is 6.74. The minimum atomic E-state index is -0.660. The topological polar surface area (TPSA) is 52.6 Å². The van der Waals surface area contributed by atoms with Crippen LogP contribution in [0.4, 0.5) is 0 Å². The first-order chi connectivity index (χ1) is 7.13. The van der Waals surface area contributed by atoms with Gasteiger partial charge in [0, 0.05) is 5.56 Å². The van der Waals surface area contributed by atoms with Crippen LogP contribution in [-0.4, -0.2) is 19.0 Å². The van der Waals surface area contributed by atoms with Gasteiger partial charge >= 0.3 is 11.9 Å². The first kappa shape index (κ1) is 11.2. The monoisotopic (exact) mass is 207 g/mol. The fraction of sp³-hybridized carbons (Fsp3) is 0.182. The second-order valence-corrected chi connectivity index (χ2v) is 2.83. The van der Waals surface area contributed by atoms with Gasteiger partial charge in [0.05, 0.1) is 20.5 Å². The van der Waals surface area contributed by atoms with Gasteiger partial charge in [-0.2, -0.15) is 0 Å².